The third kappa shape index (κ3) is 6.28. The van der Waals surface area contributed by atoms with E-state index in [2.05, 4.69) is 80.4 Å². The number of ketones is 1. The first-order valence-electron chi connectivity index (χ1n) is 13.9. The molecule has 8 heteroatoms. The van der Waals surface area contributed by atoms with E-state index in [4.69, 9.17) is 4.98 Å². The van der Waals surface area contributed by atoms with Crippen LogP contribution < -0.4 is 0 Å². The Labute approximate surface area is 229 Å². The highest BCUT2D eigenvalue weighted by Crippen LogP contribution is 2.30. The van der Waals surface area contributed by atoms with Crippen LogP contribution in [0.4, 0.5) is 0 Å². The van der Waals surface area contributed by atoms with Gasteiger partial charge in [0.25, 0.3) is 0 Å². The summed E-state index contributed by atoms with van der Waals surface area (Å²) in [5.74, 6) is 1.97. The van der Waals surface area contributed by atoms with Gasteiger partial charge in [-0.2, -0.15) is 0 Å². The van der Waals surface area contributed by atoms with Gasteiger partial charge in [0, 0.05) is 37.1 Å². The predicted molar refractivity (Wildman–Crippen MR) is 155 cm³/mol. The van der Waals surface area contributed by atoms with Crippen molar-refractivity contribution in [1.29, 1.82) is 0 Å². The smallest absolute Gasteiger partial charge is 0.180 e. The lowest BCUT2D eigenvalue weighted by Gasteiger charge is -2.15. The highest BCUT2D eigenvalue weighted by Gasteiger charge is 2.20. The monoisotopic (exact) mass is 521 g/mol. The van der Waals surface area contributed by atoms with E-state index in [1.165, 1.54) is 11.3 Å². The van der Waals surface area contributed by atoms with Crippen LogP contribution in [0.3, 0.4) is 0 Å². The van der Waals surface area contributed by atoms with Crippen molar-refractivity contribution in [2.45, 2.75) is 65.3 Å². The highest BCUT2D eigenvalue weighted by molar-refractivity contribution is 6.02. The van der Waals surface area contributed by atoms with Crippen LogP contribution in [0.25, 0.3) is 28.6 Å². The van der Waals surface area contributed by atoms with Crippen molar-refractivity contribution < 1.29 is 4.79 Å². The zero-order valence-corrected chi connectivity index (χ0v) is 22.7. The minimum absolute atomic E-state index is 0.210. The third-order valence-corrected chi connectivity index (χ3v) is 7.12. The van der Waals surface area contributed by atoms with Crippen LogP contribution in [-0.2, 0) is 24.2 Å². The Morgan fingerprint density at radius 3 is 2.54 bits per heavy atom. The summed E-state index contributed by atoms with van der Waals surface area (Å²) in [7, 11) is 0. The molecule has 0 saturated carbocycles. The van der Waals surface area contributed by atoms with Crippen LogP contribution in [0.2, 0.25) is 0 Å². The van der Waals surface area contributed by atoms with Crippen LogP contribution in [-0.4, -0.2) is 48.2 Å². The summed E-state index contributed by atoms with van der Waals surface area (Å²) >= 11 is 0. The number of aryl methyl sites for hydroxylation is 1. The number of aromatic amines is 1. The number of rotatable bonds is 12. The summed E-state index contributed by atoms with van der Waals surface area (Å²) in [5.41, 5.74) is 7.50. The number of H-pyrrole nitrogens is 1. The maximum Gasteiger partial charge on any atom is 0.180 e. The molecular weight excluding hydrogens is 486 g/mol. The summed E-state index contributed by atoms with van der Waals surface area (Å²) in [5, 5.41) is 14.4. The quantitative estimate of drug-likeness (QED) is 0.250. The number of unbranched alkanes of at least 4 members (excludes halogenated alkanes) is 2. The Morgan fingerprint density at radius 2 is 1.79 bits per heavy atom. The van der Waals surface area contributed by atoms with E-state index < -0.39 is 0 Å². The second-order valence-corrected chi connectivity index (χ2v) is 10.0. The van der Waals surface area contributed by atoms with Crippen molar-refractivity contribution in [2.75, 3.05) is 6.54 Å². The zero-order chi connectivity index (χ0) is 27.0. The van der Waals surface area contributed by atoms with E-state index in [-0.39, 0.29) is 12.3 Å². The summed E-state index contributed by atoms with van der Waals surface area (Å²) in [4.78, 5) is 21.8. The minimum Gasteiger partial charge on any atom is -0.327 e. The molecule has 0 radical (unpaired) electrons. The molecule has 0 aliphatic heterocycles. The number of aromatic nitrogens is 6. The Balaban J connectivity index is 1.38. The Morgan fingerprint density at radius 1 is 1.00 bits per heavy atom. The molecule has 5 rings (SSSR count). The van der Waals surface area contributed by atoms with E-state index in [0.29, 0.717) is 18.7 Å². The molecule has 0 atom stereocenters. The number of imidazole rings is 1. The second-order valence-electron chi connectivity index (χ2n) is 10.0. The average Bonchev–Trinajstić information content (AvgIpc) is 3.63. The number of allylic oxidation sites excluding steroid dienone is 1. The lowest BCUT2D eigenvalue weighted by atomic mass is 9.98. The highest BCUT2D eigenvalue weighted by atomic mass is 16.1. The topological polar surface area (TPSA) is 102 Å². The second kappa shape index (κ2) is 12.6. The Kier molecular flexibility index (Phi) is 8.51. The van der Waals surface area contributed by atoms with Gasteiger partial charge in [0.15, 0.2) is 11.6 Å². The van der Waals surface area contributed by atoms with E-state index >= 15 is 0 Å². The number of carbonyl (C=O) groups excluding carboxylic acids is 1. The molecule has 2 aromatic carbocycles. The first-order chi connectivity index (χ1) is 19.2. The summed E-state index contributed by atoms with van der Waals surface area (Å²) in [6, 6.07) is 16.8. The predicted octanol–water partition coefficient (Wildman–Crippen LogP) is 5.89. The van der Waals surface area contributed by atoms with E-state index in [1.807, 2.05) is 24.3 Å². The normalized spacial score (nSPS) is 13.6. The molecule has 4 aromatic rings. The molecule has 200 valence electrons. The number of aliphatic imine (C=N–C) groups is 1. The van der Waals surface area contributed by atoms with Crippen molar-refractivity contribution in [3.05, 3.63) is 77.4 Å². The van der Waals surface area contributed by atoms with Gasteiger partial charge >= 0.3 is 0 Å². The van der Waals surface area contributed by atoms with Crippen LogP contribution in [0.1, 0.15) is 68.7 Å². The molecule has 0 bridgehead atoms. The van der Waals surface area contributed by atoms with E-state index in [9.17, 15) is 4.79 Å². The number of hydrogen-bond donors (Lipinski definition) is 1. The van der Waals surface area contributed by atoms with Crippen LogP contribution in [0.15, 0.2) is 59.6 Å². The van der Waals surface area contributed by atoms with Crippen LogP contribution in [0, 0.1) is 0 Å². The van der Waals surface area contributed by atoms with Crippen molar-refractivity contribution in [3.8, 4) is 22.5 Å². The number of fused-ring (bicyclic) bond motifs is 1. The van der Waals surface area contributed by atoms with E-state index in [1.54, 1.807) is 0 Å². The number of benzene rings is 2. The lowest BCUT2D eigenvalue weighted by molar-refractivity contribution is -0.117. The number of nitrogens with zero attached hydrogens (tertiary/aromatic N) is 6. The molecule has 2 heterocycles. The van der Waals surface area contributed by atoms with Crippen molar-refractivity contribution in [2.24, 2.45) is 4.99 Å². The number of nitrogens with one attached hydrogen (secondary N) is 1. The van der Waals surface area contributed by atoms with Gasteiger partial charge in [-0.05, 0) is 52.1 Å². The first kappa shape index (κ1) is 26.4. The van der Waals surface area contributed by atoms with Gasteiger partial charge < -0.3 is 4.57 Å². The van der Waals surface area contributed by atoms with Gasteiger partial charge in [-0.3, -0.25) is 9.79 Å². The summed E-state index contributed by atoms with van der Waals surface area (Å²) in [6.07, 6.45) is 10.5. The number of tetrazole rings is 1. The van der Waals surface area contributed by atoms with Gasteiger partial charge in [0.2, 0.25) is 0 Å². The molecule has 1 aliphatic carbocycles. The first-order valence-corrected chi connectivity index (χ1v) is 13.9. The summed E-state index contributed by atoms with van der Waals surface area (Å²) in [6.45, 7) is 5.31. The number of carbonyl (C=O) groups is 1. The molecule has 0 amide bonds. The number of Topliss-reactive ketones (excluding diaryl/α,β-unsaturated/α-hetero) is 1. The Hall–Kier alpha value is -4.20. The van der Waals surface area contributed by atoms with Gasteiger partial charge in [0.1, 0.15) is 5.82 Å². The maximum atomic E-state index is 12.2. The molecule has 1 N–H and O–H groups in total. The van der Waals surface area contributed by atoms with Crippen molar-refractivity contribution in [1.82, 2.24) is 30.2 Å². The average molecular weight is 522 g/mol. The largest absolute Gasteiger partial charge is 0.327 e. The molecule has 1 aliphatic rings. The van der Waals surface area contributed by atoms with Crippen molar-refractivity contribution >= 4 is 17.6 Å². The van der Waals surface area contributed by atoms with Crippen molar-refractivity contribution in [3.63, 3.8) is 0 Å². The molecule has 2 aromatic heterocycles. The lowest BCUT2D eigenvalue weighted by Crippen LogP contribution is -2.15. The SMILES string of the molecule is CCCCC(=O)CN=C1C=Cc2nc(CCCC)n(Cc3ccc(-c4ccccc4-c4nnn[nH]4)cc3)c2C1. The van der Waals surface area contributed by atoms with Gasteiger partial charge in [-0.25, -0.2) is 10.1 Å². The minimum atomic E-state index is 0.210. The van der Waals surface area contributed by atoms with Crippen LogP contribution in [0.5, 0.6) is 0 Å². The standard InChI is InChI=1S/C31H35N7O/c1-3-5-9-25(39)20-32-24-17-18-28-29(19-24)38(30(33-28)12-6-4-2)21-22-13-15-23(16-14-22)26-10-7-8-11-27(26)31-34-36-37-35-31/h7-8,10-11,13-18H,3-6,9,12,19-21H2,1-2H3,(H,34,35,36,37). The molecule has 0 spiro atoms. The maximum absolute atomic E-state index is 12.2. The number of hydrogen-bond acceptors (Lipinski definition) is 6. The fourth-order valence-corrected chi connectivity index (χ4v) is 4.93. The van der Waals surface area contributed by atoms with Gasteiger partial charge in [0.05, 0.1) is 17.9 Å². The van der Waals surface area contributed by atoms with E-state index in [0.717, 1.165) is 72.6 Å². The summed E-state index contributed by atoms with van der Waals surface area (Å²) < 4.78 is 2.35. The molecule has 0 unspecified atom stereocenters. The zero-order valence-electron chi connectivity index (χ0n) is 22.7. The molecule has 8 nitrogen and oxygen atoms in total. The molecule has 0 saturated heterocycles. The van der Waals surface area contributed by atoms with Gasteiger partial charge in [-0.15, -0.1) is 5.10 Å². The fraction of sp³-hybridized carbons (Fsp3) is 0.355. The fourth-order valence-electron chi connectivity index (χ4n) is 4.93. The molecule has 0 fully saturated rings. The molecular formula is C31H35N7O. The van der Waals surface area contributed by atoms with Crippen LogP contribution >= 0.6 is 0 Å². The van der Waals surface area contributed by atoms with Gasteiger partial charge in [-0.1, -0.05) is 75.2 Å². The molecule has 39 heavy (non-hydrogen) atoms. The Bertz CT molecular complexity index is 1460. The third-order valence-electron chi connectivity index (χ3n) is 7.12.